The van der Waals surface area contributed by atoms with Gasteiger partial charge in [0, 0.05) is 19.0 Å². The third-order valence-corrected chi connectivity index (χ3v) is 2.59. The Morgan fingerprint density at radius 3 is 2.67 bits per heavy atom. The number of amides is 1. The first-order valence-electron chi connectivity index (χ1n) is 5.82. The number of carbonyl (C=O) groups is 1. The Kier molecular flexibility index (Phi) is 3.72. The van der Waals surface area contributed by atoms with Gasteiger partial charge in [-0.2, -0.15) is 0 Å². The first-order valence-corrected chi connectivity index (χ1v) is 5.82. The van der Waals surface area contributed by atoms with Gasteiger partial charge in [-0.1, -0.05) is 25.1 Å². The van der Waals surface area contributed by atoms with Crippen LogP contribution in [0.2, 0.25) is 0 Å². The van der Waals surface area contributed by atoms with Gasteiger partial charge in [-0.3, -0.25) is 4.79 Å². The minimum absolute atomic E-state index is 0.0504. The lowest BCUT2D eigenvalue weighted by atomic mass is 10.2. The molecule has 0 radical (unpaired) electrons. The number of hydrogen-bond donors (Lipinski definition) is 0. The van der Waals surface area contributed by atoms with Crippen LogP contribution in [0.5, 0.6) is 0 Å². The molecule has 1 amide bonds. The third kappa shape index (κ3) is 2.74. The average molecular weight is 245 g/mol. The molecule has 1 aromatic carbocycles. The van der Waals surface area contributed by atoms with E-state index in [0.717, 1.165) is 5.56 Å². The van der Waals surface area contributed by atoms with Crippen molar-refractivity contribution in [2.45, 2.75) is 19.9 Å². The van der Waals surface area contributed by atoms with Gasteiger partial charge in [0.15, 0.2) is 0 Å². The Balaban J connectivity index is 2.09. The molecule has 0 saturated carbocycles. The standard InChI is InChI=1S/C13H15N3O2/c1-3-12(17)16(2)9-11-14-15-13(18-11)10-7-5-4-6-8-10/h4-8H,3,9H2,1-2H3. The molecule has 18 heavy (non-hydrogen) atoms. The first-order chi connectivity index (χ1) is 8.70. The fourth-order valence-corrected chi connectivity index (χ4v) is 1.58. The Bertz CT molecular complexity index is 522. The highest BCUT2D eigenvalue weighted by molar-refractivity contribution is 5.75. The zero-order valence-corrected chi connectivity index (χ0v) is 10.5. The van der Waals surface area contributed by atoms with Crippen LogP contribution in [0.4, 0.5) is 0 Å². The van der Waals surface area contributed by atoms with E-state index in [1.54, 1.807) is 11.9 Å². The van der Waals surface area contributed by atoms with Crippen molar-refractivity contribution in [2.75, 3.05) is 7.05 Å². The van der Waals surface area contributed by atoms with Crippen LogP contribution in [-0.2, 0) is 11.3 Å². The Morgan fingerprint density at radius 2 is 2.00 bits per heavy atom. The van der Waals surface area contributed by atoms with Gasteiger partial charge in [0.2, 0.25) is 17.7 Å². The molecule has 2 rings (SSSR count). The van der Waals surface area contributed by atoms with Crippen LogP contribution < -0.4 is 0 Å². The second kappa shape index (κ2) is 5.44. The molecule has 5 heteroatoms. The summed E-state index contributed by atoms with van der Waals surface area (Å²) in [4.78, 5) is 13.0. The SMILES string of the molecule is CCC(=O)N(C)Cc1nnc(-c2ccccc2)o1. The highest BCUT2D eigenvalue weighted by atomic mass is 16.4. The number of carbonyl (C=O) groups excluding carboxylic acids is 1. The van der Waals surface area contributed by atoms with E-state index in [9.17, 15) is 4.79 Å². The first kappa shape index (κ1) is 12.3. The minimum atomic E-state index is 0.0504. The topological polar surface area (TPSA) is 59.2 Å². The van der Waals surface area contributed by atoms with E-state index < -0.39 is 0 Å². The van der Waals surface area contributed by atoms with Gasteiger partial charge >= 0.3 is 0 Å². The molecular formula is C13H15N3O2. The summed E-state index contributed by atoms with van der Waals surface area (Å²) in [5.74, 6) is 0.968. The summed E-state index contributed by atoms with van der Waals surface area (Å²) < 4.78 is 5.52. The lowest BCUT2D eigenvalue weighted by molar-refractivity contribution is -0.130. The Hall–Kier alpha value is -2.17. The van der Waals surface area contributed by atoms with Crippen molar-refractivity contribution in [3.63, 3.8) is 0 Å². The van der Waals surface area contributed by atoms with Crippen LogP contribution in [0.15, 0.2) is 34.7 Å². The van der Waals surface area contributed by atoms with Gasteiger partial charge in [0.05, 0.1) is 6.54 Å². The normalized spacial score (nSPS) is 10.3. The van der Waals surface area contributed by atoms with Crippen LogP contribution in [0.1, 0.15) is 19.2 Å². The molecule has 0 aliphatic heterocycles. The third-order valence-electron chi connectivity index (χ3n) is 2.59. The van der Waals surface area contributed by atoms with E-state index in [-0.39, 0.29) is 5.91 Å². The predicted molar refractivity (Wildman–Crippen MR) is 66.5 cm³/mol. The number of rotatable bonds is 4. The summed E-state index contributed by atoms with van der Waals surface area (Å²) in [5, 5.41) is 7.91. The molecule has 1 aromatic heterocycles. The van der Waals surface area contributed by atoms with Crippen molar-refractivity contribution in [2.24, 2.45) is 0 Å². The van der Waals surface area contributed by atoms with Gasteiger partial charge in [-0.15, -0.1) is 10.2 Å². The van der Waals surface area contributed by atoms with Gasteiger partial charge in [0.1, 0.15) is 0 Å². The molecule has 0 saturated heterocycles. The van der Waals surface area contributed by atoms with E-state index in [1.165, 1.54) is 0 Å². The fourth-order valence-electron chi connectivity index (χ4n) is 1.58. The molecule has 94 valence electrons. The minimum Gasteiger partial charge on any atom is -0.419 e. The molecule has 0 unspecified atom stereocenters. The van der Waals surface area contributed by atoms with Crippen LogP contribution in [0, 0.1) is 0 Å². The van der Waals surface area contributed by atoms with Crippen molar-refractivity contribution in [1.82, 2.24) is 15.1 Å². The van der Waals surface area contributed by atoms with Crippen molar-refractivity contribution >= 4 is 5.91 Å². The van der Waals surface area contributed by atoms with Gasteiger partial charge in [0.25, 0.3) is 0 Å². The second-order valence-electron chi connectivity index (χ2n) is 3.97. The van der Waals surface area contributed by atoms with E-state index in [1.807, 2.05) is 37.3 Å². The lowest BCUT2D eigenvalue weighted by Gasteiger charge is -2.12. The van der Waals surface area contributed by atoms with Gasteiger partial charge in [-0.05, 0) is 12.1 Å². The van der Waals surface area contributed by atoms with Crippen molar-refractivity contribution in [1.29, 1.82) is 0 Å². The maximum atomic E-state index is 11.4. The van der Waals surface area contributed by atoms with Crippen LogP contribution >= 0.6 is 0 Å². The number of benzene rings is 1. The molecule has 2 aromatic rings. The van der Waals surface area contributed by atoms with Crippen LogP contribution in [-0.4, -0.2) is 28.1 Å². The number of aromatic nitrogens is 2. The molecule has 0 aliphatic carbocycles. The van der Waals surface area contributed by atoms with E-state index in [4.69, 9.17) is 4.42 Å². The van der Waals surface area contributed by atoms with Crippen LogP contribution in [0.25, 0.3) is 11.5 Å². The molecule has 0 spiro atoms. The van der Waals surface area contributed by atoms with Crippen molar-refractivity contribution < 1.29 is 9.21 Å². The maximum Gasteiger partial charge on any atom is 0.247 e. The molecule has 0 aliphatic rings. The predicted octanol–water partition coefficient (Wildman–Crippen LogP) is 2.10. The summed E-state index contributed by atoms with van der Waals surface area (Å²) in [6.45, 7) is 2.16. The molecule has 0 bridgehead atoms. The van der Waals surface area contributed by atoms with Gasteiger partial charge < -0.3 is 9.32 Å². The van der Waals surface area contributed by atoms with Crippen molar-refractivity contribution in [3.05, 3.63) is 36.2 Å². The summed E-state index contributed by atoms with van der Waals surface area (Å²) in [6.07, 6.45) is 0.468. The monoisotopic (exact) mass is 245 g/mol. The summed E-state index contributed by atoms with van der Waals surface area (Å²) in [6, 6.07) is 9.54. The van der Waals surface area contributed by atoms with Gasteiger partial charge in [-0.25, -0.2) is 0 Å². The second-order valence-corrected chi connectivity index (χ2v) is 3.97. The zero-order valence-electron chi connectivity index (χ0n) is 10.5. The Labute approximate surface area is 105 Å². The number of hydrogen-bond acceptors (Lipinski definition) is 4. The van der Waals surface area contributed by atoms with E-state index in [0.29, 0.717) is 24.7 Å². The molecule has 0 atom stereocenters. The zero-order chi connectivity index (χ0) is 13.0. The van der Waals surface area contributed by atoms with E-state index in [2.05, 4.69) is 10.2 Å². The lowest BCUT2D eigenvalue weighted by Crippen LogP contribution is -2.25. The highest BCUT2D eigenvalue weighted by Crippen LogP contribution is 2.17. The molecular weight excluding hydrogens is 230 g/mol. The average Bonchev–Trinajstić information content (AvgIpc) is 2.87. The number of nitrogens with zero attached hydrogens (tertiary/aromatic N) is 3. The highest BCUT2D eigenvalue weighted by Gasteiger charge is 2.12. The van der Waals surface area contributed by atoms with Crippen molar-refractivity contribution in [3.8, 4) is 11.5 Å². The van der Waals surface area contributed by atoms with E-state index >= 15 is 0 Å². The fraction of sp³-hybridized carbons (Fsp3) is 0.308. The maximum absolute atomic E-state index is 11.4. The smallest absolute Gasteiger partial charge is 0.247 e. The summed E-state index contributed by atoms with van der Waals surface area (Å²) in [5.41, 5.74) is 0.876. The Morgan fingerprint density at radius 1 is 1.28 bits per heavy atom. The molecule has 0 fully saturated rings. The molecule has 5 nitrogen and oxygen atoms in total. The quantitative estimate of drug-likeness (QED) is 0.827. The largest absolute Gasteiger partial charge is 0.419 e. The van der Waals surface area contributed by atoms with Crippen LogP contribution in [0.3, 0.4) is 0 Å². The molecule has 0 N–H and O–H groups in total. The summed E-state index contributed by atoms with van der Waals surface area (Å²) in [7, 11) is 1.72. The summed E-state index contributed by atoms with van der Waals surface area (Å²) >= 11 is 0. The molecule has 1 heterocycles.